The molecule has 0 saturated heterocycles. The molecule has 0 rings (SSSR count). The molecule has 30 heavy (non-hydrogen) atoms. The van der Waals surface area contributed by atoms with Gasteiger partial charge in [0.2, 0.25) is 0 Å². The van der Waals surface area contributed by atoms with E-state index in [0.29, 0.717) is 6.42 Å². The maximum absolute atomic E-state index is 13.1. The largest absolute Gasteiger partial charge is 0.469 e. The molecular formula is C23H47F2O4P. The SMILES string of the molecule is CCCCCCCCCCCCCCCCCCCC(CF)C(CF)OP(=O)(O)O. The Hall–Kier alpha value is -0.0300. The van der Waals surface area contributed by atoms with Crippen molar-refractivity contribution < 1.29 is 27.7 Å². The summed E-state index contributed by atoms with van der Waals surface area (Å²) in [6.45, 7) is 0.344. The highest BCUT2D eigenvalue weighted by Gasteiger charge is 2.29. The molecule has 2 N–H and O–H groups in total. The molecule has 7 heteroatoms. The summed E-state index contributed by atoms with van der Waals surface area (Å²) >= 11 is 0. The molecule has 0 radical (unpaired) electrons. The van der Waals surface area contributed by atoms with Crippen molar-refractivity contribution in [1.29, 1.82) is 0 Å². The molecule has 0 aromatic carbocycles. The first kappa shape index (κ1) is 30.0. The Kier molecular flexibility index (Phi) is 20.8. The van der Waals surface area contributed by atoms with Crippen LogP contribution in [0, 0.1) is 5.92 Å². The van der Waals surface area contributed by atoms with Gasteiger partial charge < -0.3 is 9.79 Å². The van der Waals surface area contributed by atoms with Gasteiger partial charge in [-0.25, -0.2) is 8.96 Å². The molecule has 0 amide bonds. The van der Waals surface area contributed by atoms with E-state index in [1.807, 2.05) is 0 Å². The Labute approximate surface area is 183 Å². The van der Waals surface area contributed by atoms with Crippen LogP contribution in [0.3, 0.4) is 0 Å². The van der Waals surface area contributed by atoms with Crippen molar-refractivity contribution in [1.82, 2.24) is 0 Å². The third kappa shape index (κ3) is 19.9. The number of phosphoric acid groups is 1. The molecule has 182 valence electrons. The van der Waals surface area contributed by atoms with Crippen LogP contribution in [0.15, 0.2) is 0 Å². The normalized spacial score (nSPS) is 14.2. The summed E-state index contributed by atoms with van der Waals surface area (Å²) in [5, 5.41) is 0. The van der Waals surface area contributed by atoms with E-state index in [1.165, 1.54) is 83.5 Å². The second-order valence-corrected chi connectivity index (χ2v) is 9.84. The van der Waals surface area contributed by atoms with Gasteiger partial charge in [-0.15, -0.1) is 0 Å². The van der Waals surface area contributed by atoms with Gasteiger partial charge in [0.25, 0.3) is 0 Å². The lowest BCUT2D eigenvalue weighted by Crippen LogP contribution is -2.27. The highest BCUT2D eigenvalue weighted by molar-refractivity contribution is 7.46. The van der Waals surface area contributed by atoms with E-state index in [4.69, 9.17) is 9.79 Å². The Morgan fingerprint density at radius 2 is 1.03 bits per heavy atom. The molecular weight excluding hydrogens is 409 g/mol. The monoisotopic (exact) mass is 456 g/mol. The predicted octanol–water partition coefficient (Wildman–Crippen LogP) is 8.06. The first-order chi connectivity index (χ1) is 14.4. The van der Waals surface area contributed by atoms with Crippen LogP contribution in [0.25, 0.3) is 0 Å². The second kappa shape index (κ2) is 20.8. The number of hydrogen-bond donors (Lipinski definition) is 2. The summed E-state index contributed by atoms with van der Waals surface area (Å²) in [6.07, 6.45) is 20.4. The van der Waals surface area contributed by atoms with Crippen molar-refractivity contribution in [3.63, 3.8) is 0 Å². The van der Waals surface area contributed by atoms with Crippen molar-refractivity contribution in [2.45, 2.75) is 129 Å². The standard InChI is InChI=1S/C23H47F2O4P/c1-2-3-4-5-6-7-8-9-10-11-12-13-14-15-16-17-18-19-22(20-24)23(21-25)29-30(26,27)28/h22-23H,2-21H2,1H3,(H2,26,27,28). The second-order valence-electron chi connectivity index (χ2n) is 8.65. The highest BCUT2D eigenvalue weighted by atomic mass is 31.2. The lowest BCUT2D eigenvalue weighted by atomic mass is 9.96. The van der Waals surface area contributed by atoms with Crippen LogP contribution in [0.2, 0.25) is 0 Å². The van der Waals surface area contributed by atoms with Gasteiger partial charge >= 0.3 is 7.82 Å². The fraction of sp³-hybridized carbons (Fsp3) is 1.00. The predicted molar refractivity (Wildman–Crippen MR) is 121 cm³/mol. The Morgan fingerprint density at radius 1 is 0.667 bits per heavy atom. The van der Waals surface area contributed by atoms with Crippen LogP contribution in [-0.2, 0) is 9.09 Å². The Balaban J connectivity index is 3.45. The molecule has 4 nitrogen and oxygen atoms in total. The van der Waals surface area contributed by atoms with E-state index in [9.17, 15) is 13.3 Å². The molecule has 0 saturated carbocycles. The van der Waals surface area contributed by atoms with Crippen LogP contribution in [0.4, 0.5) is 8.78 Å². The smallest absolute Gasteiger partial charge is 0.303 e. The number of halogens is 2. The van der Waals surface area contributed by atoms with E-state index in [1.54, 1.807) is 0 Å². The molecule has 0 aromatic heterocycles. The Morgan fingerprint density at radius 3 is 1.33 bits per heavy atom. The molecule has 0 aliphatic heterocycles. The minimum absolute atomic E-state index is 0.393. The van der Waals surface area contributed by atoms with Crippen molar-refractivity contribution in [3.05, 3.63) is 0 Å². The van der Waals surface area contributed by atoms with Crippen LogP contribution in [0.1, 0.15) is 122 Å². The number of hydrogen-bond acceptors (Lipinski definition) is 2. The van der Waals surface area contributed by atoms with E-state index in [-0.39, 0.29) is 0 Å². The fourth-order valence-electron chi connectivity index (χ4n) is 3.91. The third-order valence-electron chi connectivity index (χ3n) is 5.83. The number of rotatable bonds is 23. The summed E-state index contributed by atoms with van der Waals surface area (Å²) in [7, 11) is -4.79. The van der Waals surface area contributed by atoms with Crippen molar-refractivity contribution in [2.75, 3.05) is 13.3 Å². The first-order valence-electron chi connectivity index (χ1n) is 12.3. The van der Waals surface area contributed by atoms with Gasteiger partial charge in [-0.1, -0.05) is 116 Å². The summed E-state index contributed by atoms with van der Waals surface area (Å²) in [6, 6.07) is 0. The summed E-state index contributed by atoms with van der Waals surface area (Å²) in [5.41, 5.74) is 0. The van der Waals surface area contributed by atoms with E-state index < -0.39 is 33.2 Å². The maximum Gasteiger partial charge on any atom is 0.469 e. The topological polar surface area (TPSA) is 66.8 Å². The first-order valence-corrected chi connectivity index (χ1v) is 13.8. The number of alkyl halides is 2. The maximum atomic E-state index is 13.1. The van der Waals surface area contributed by atoms with Crippen LogP contribution < -0.4 is 0 Å². The van der Waals surface area contributed by atoms with Gasteiger partial charge in [-0.05, 0) is 6.42 Å². The number of phosphoric ester groups is 1. The average Bonchev–Trinajstić information content (AvgIpc) is 2.71. The van der Waals surface area contributed by atoms with Crippen molar-refractivity contribution in [3.8, 4) is 0 Å². The van der Waals surface area contributed by atoms with Crippen LogP contribution in [-0.4, -0.2) is 29.2 Å². The minimum atomic E-state index is -4.79. The zero-order valence-corrected chi connectivity index (χ0v) is 20.1. The van der Waals surface area contributed by atoms with Crippen LogP contribution in [0.5, 0.6) is 0 Å². The highest BCUT2D eigenvalue weighted by Crippen LogP contribution is 2.40. The van der Waals surface area contributed by atoms with Gasteiger partial charge in [0.1, 0.15) is 12.8 Å². The summed E-state index contributed by atoms with van der Waals surface area (Å²) in [4.78, 5) is 17.6. The van der Waals surface area contributed by atoms with Gasteiger partial charge in [0.05, 0.1) is 6.67 Å². The quantitative estimate of drug-likeness (QED) is 0.120. The molecule has 0 heterocycles. The molecule has 0 spiro atoms. The molecule has 0 aromatic rings. The van der Waals surface area contributed by atoms with Crippen LogP contribution >= 0.6 is 7.82 Å². The molecule has 0 aliphatic rings. The van der Waals surface area contributed by atoms with Gasteiger partial charge in [0, 0.05) is 5.92 Å². The molecule has 0 bridgehead atoms. The van der Waals surface area contributed by atoms with Crippen molar-refractivity contribution in [2.24, 2.45) is 5.92 Å². The summed E-state index contributed by atoms with van der Waals surface area (Å²) in [5.74, 6) is -0.793. The van der Waals surface area contributed by atoms with Gasteiger partial charge in [-0.2, -0.15) is 0 Å². The van der Waals surface area contributed by atoms with Gasteiger partial charge in [-0.3, -0.25) is 8.91 Å². The van der Waals surface area contributed by atoms with E-state index in [0.717, 1.165) is 25.7 Å². The van der Waals surface area contributed by atoms with E-state index >= 15 is 0 Å². The molecule has 2 unspecified atom stereocenters. The zero-order chi connectivity index (χ0) is 22.5. The lowest BCUT2D eigenvalue weighted by Gasteiger charge is -2.22. The number of unbranched alkanes of at least 4 members (excludes halogenated alkanes) is 16. The summed E-state index contributed by atoms with van der Waals surface area (Å²) < 4.78 is 41.2. The molecule has 2 atom stereocenters. The van der Waals surface area contributed by atoms with E-state index in [2.05, 4.69) is 11.4 Å². The van der Waals surface area contributed by atoms with Gasteiger partial charge in [0.15, 0.2) is 0 Å². The lowest BCUT2D eigenvalue weighted by molar-refractivity contribution is 0.0528. The average molecular weight is 457 g/mol. The van der Waals surface area contributed by atoms with Crippen molar-refractivity contribution >= 4 is 7.82 Å². The molecule has 0 fully saturated rings. The third-order valence-corrected chi connectivity index (χ3v) is 6.37. The zero-order valence-electron chi connectivity index (χ0n) is 19.2. The minimum Gasteiger partial charge on any atom is -0.303 e. The fourth-order valence-corrected chi connectivity index (χ4v) is 4.49. The molecule has 0 aliphatic carbocycles. The Bertz CT molecular complexity index is 407.